The number of likely N-dealkylation sites (tertiary alicyclic amines) is 1. The van der Waals surface area contributed by atoms with E-state index < -0.39 is 0 Å². The summed E-state index contributed by atoms with van der Waals surface area (Å²) >= 11 is 0. The molecule has 3 aromatic heterocycles. The minimum absolute atomic E-state index is 0.107. The molecule has 8 heteroatoms. The lowest BCUT2D eigenvalue weighted by Crippen LogP contribution is -2.31. The molecule has 27 heavy (non-hydrogen) atoms. The molecule has 0 bridgehead atoms. The van der Waals surface area contributed by atoms with Crippen LogP contribution in [-0.4, -0.2) is 44.3 Å². The zero-order valence-electron chi connectivity index (χ0n) is 16.0. The van der Waals surface area contributed by atoms with Crippen molar-refractivity contribution in [3.05, 3.63) is 40.7 Å². The van der Waals surface area contributed by atoms with E-state index in [4.69, 9.17) is 4.42 Å². The number of hydrogen-bond acceptors (Lipinski definition) is 6. The van der Waals surface area contributed by atoms with Crippen LogP contribution in [0.2, 0.25) is 0 Å². The first-order chi connectivity index (χ1) is 12.9. The third kappa shape index (κ3) is 3.49. The number of aromatic nitrogens is 4. The van der Waals surface area contributed by atoms with Gasteiger partial charge in [-0.05, 0) is 58.8 Å². The van der Waals surface area contributed by atoms with Crippen LogP contribution in [0, 0.1) is 0 Å². The van der Waals surface area contributed by atoms with Crippen LogP contribution in [0.15, 0.2) is 33.8 Å². The van der Waals surface area contributed by atoms with E-state index in [0.29, 0.717) is 23.5 Å². The lowest BCUT2D eigenvalue weighted by molar-refractivity contribution is 0.225. The van der Waals surface area contributed by atoms with E-state index in [1.54, 1.807) is 17.1 Å². The van der Waals surface area contributed by atoms with Crippen molar-refractivity contribution < 1.29 is 4.42 Å². The third-order valence-electron chi connectivity index (χ3n) is 4.99. The Kier molecular flexibility index (Phi) is 4.51. The molecular weight excluding hydrogens is 344 g/mol. The zero-order valence-corrected chi connectivity index (χ0v) is 16.0. The second-order valence-electron chi connectivity index (χ2n) is 8.03. The molecule has 1 saturated heterocycles. The van der Waals surface area contributed by atoms with E-state index >= 15 is 0 Å². The first-order valence-electron chi connectivity index (χ1n) is 9.43. The van der Waals surface area contributed by atoms with Crippen molar-refractivity contribution in [2.75, 3.05) is 25.0 Å². The molecule has 144 valence electrons. The molecule has 0 radical (unpaired) electrons. The molecule has 0 saturated carbocycles. The quantitative estimate of drug-likeness (QED) is 0.717. The second kappa shape index (κ2) is 6.84. The van der Waals surface area contributed by atoms with Crippen molar-refractivity contribution in [2.45, 2.75) is 45.2 Å². The third-order valence-corrected chi connectivity index (χ3v) is 4.99. The van der Waals surface area contributed by atoms with E-state index in [-0.39, 0.29) is 17.1 Å². The van der Waals surface area contributed by atoms with Crippen LogP contribution in [0.1, 0.15) is 45.4 Å². The summed E-state index contributed by atoms with van der Waals surface area (Å²) < 4.78 is 7.44. The number of H-pyrrole nitrogens is 1. The Hall–Kier alpha value is -2.61. The Balaban J connectivity index is 1.61. The van der Waals surface area contributed by atoms with Crippen molar-refractivity contribution in [1.29, 1.82) is 0 Å². The summed E-state index contributed by atoms with van der Waals surface area (Å²) in [7, 11) is 0. The van der Waals surface area contributed by atoms with Gasteiger partial charge in [-0.2, -0.15) is 10.1 Å². The molecule has 1 fully saturated rings. The molecule has 1 aliphatic rings. The minimum atomic E-state index is -0.258. The highest BCUT2D eigenvalue weighted by molar-refractivity contribution is 5.74. The molecule has 1 aliphatic heterocycles. The second-order valence-corrected chi connectivity index (χ2v) is 8.03. The predicted octanol–water partition coefficient (Wildman–Crippen LogP) is 2.72. The average molecular weight is 370 g/mol. The first-order valence-corrected chi connectivity index (χ1v) is 9.43. The molecular formula is C19H26N6O2. The lowest BCUT2D eigenvalue weighted by atomic mass is 10.1. The number of aromatic amines is 1. The number of furan rings is 1. The van der Waals surface area contributed by atoms with E-state index in [1.165, 1.54) is 12.8 Å². The SMILES string of the molecule is CC(C)(C)n1ncc2c(=O)[nH]c(NC[C@@H](c3ccco3)N3CCCC3)nc21. The Bertz CT molecular complexity index is 960. The van der Waals surface area contributed by atoms with Crippen molar-refractivity contribution in [2.24, 2.45) is 0 Å². The van der Waals surface area contributed by atoms with Gasteiger partial charge in [0.05, 0.1) is 24.0 Å². The maximum Gasteiger partial charge on any atom is 0.263 e. The van der Waals surface area contributed by atoms with Crippen LogP contribution in [0.25, 0.3) is 11.0 Å². The minimum Gasteiger partial charge on any atom is -0.468 e. The monoisotopic (exact) mass is 370 g/mol. The van der Waals surface area contributed by atoms with Crippen LogP contribution < -0.4 is 10.9 Å². The molecule has 0 aromatic carbocycles. The average Bonchev–Trinajstić information content (AvgIpc) is 3.36. The number of nitrogens with zero attached hydrogens (tertiary/aromatic N) is 4. The number of nitrogens with one attached hydrogen (secondary N) is 2. The fourth-order valence-corrected chi connectivity index (χ4v) is 3.63. The maximum absolute atomic E-state index is 12.5. The fourth-order valence-electron chi connectivity index (χ4n) is 3.63. The van der Waals surface area contributed by atoms with Gasteiger partial charge in [0.2, 0.25) is 5.95 Å². The summed E-state index contributed by atoms with van der Waals surface area (Å²) in [5.41, 5.74) is 0.143. The summed E-state index contributed by atoms with van der Waals surface area (Å²) in [5, 5.41) is 8.15. The van der Waals surface area contributed by atoms with Crippen LogP contribution in [0.5, 0.6) is 0 Å². The molecule has 1 atom stereocenters. The maximum atomic E-state index is 12.5. The summed E-state index contributed by atoms with van der Waals surface area (Å²) in [4.78, 5) is 22.3. The van der Waals surface area contributed by atoms with Crippen molar-refractivity contribution in [1.82, 2.24) is 24.6 Å². The summed E-state index contributed by atoms with van der Waals surface area (Å²) in [6, 6.07) is 4.02. The topological polar surface area (TPSA) is 92.0 Å². The van der Waals surface area contributed by atoms with Gasteiger partial charge >= 0.3 is 0 Å². The van der Waals surface area contributed by atoms with Gasteiger partial charge in [-0.3, -0.25) is 14.7 Å². The van der Waals surface area contributed by atoms with Gasteiger partial charge < -0.3 is 9.73 Å². The van der Waals surface area contributed by atoms with Crippen LogP contribution >= 0.6 is 0 Å². The van der Waals surface area contributed by atoms with E-state index in [9.17, 15) is 4.79 Å². The highest BCUT2D eigenvalue weighted by atomic mass is 16.3. The predicted molar refractivity (Wildman–Crippen MR) is 104 cm³/mol. The Morgan fingerprint density at radius 3 is 2.78 bits per heavy atom. The molecule has 2 N–H and O–H groups in total. The Morgan fingerprint density at radius 1 is 1.33 bits per heavy atom. The van der Waals surface area contributed by atoms with Gasteiger partial charge in [-0.1, -0.05) is 0 Å². The highest BCUT2D eigenvalue weighted by Crippen LogP contribution is 2.26. The number of anilines is 1. The summed E-state index contributed by atoms with van der Waals surface area (Å²) in [6.07, 6.45) is 5.67. The standard InChI is InChI=1S/C19H26N6O2/c1-19(2,3)25-16-13(11-21-25)17(26)23-18(22-16)20-12-14(15-7-6-10-27-15)24-8-4-5-9-24/h6-7,10-11,14H,4-5,8-9,12H2,1-3H3,(H2,20,22,23,26)/t14-/m0/s1. The van der Waals surface area contributed by atoms with E-state index in [1.807, 2.05) is 32.9 Å². The van der Waals surface area contributed by atoms with E-state index in [0.717, 1.165) is 18.8 Å². The van der Waals surface area contributed by atoms with Crippen LogP contribution in [0.4, 0.5) is 5.95 Å². The molecule has 8 nitrogen and oxygen atoms in total. The Morgan fingerprint density at radius 2 is 2.11 bits per heavy atom. The first kappa shape index (κ1) is 17.8. The Labute approximate surface area is 157 Å². The number of rotatable bonds is 5. The van der Waals surface area contributed by atoms with Crippen molar-refractivity contribution >= 4 is 17.0 Å². The van der Waals surface area contributed by atoms with Crippen LogP contribution in [-0.2, 0) is 5.54 Å². The number of hydrogen-bond donors (Lipinski definition) is 2. The van der Waals surface area contributed by atoms with Gasteiger partial charge in [0, 0.05) is 6.54 Å². The molecule has 0 spiro atoms. The normalized spacial score (nSPS) is 16.9. The summed E-state index contributed by atoms with van der Waals surface area (Å²) in [5.74, 6) is 1.38. The van der Waals surface area contributed by atoms with Gasteiger partial charge in [0.1, 0.15) is 11.1 Å². The molecule has 4 rings (SSSR count). The van der Waals surface area contributed by atoms with Crippen molar-refractivity contribution in [3.63, 3.8) is 0 Å². The van der Waals surface area contributed by atoms with E-state index in [2.05, 4.69) is 25.3 Å². The van der Waals surface area contributed by atoms with Crippen LogP contribution in [0.3, 0.4) is 0 Å². The van der Waals surface area contributed by atoms with Gasteiger partial charge in [0.25, 0.3) is 5.56 Å². The molecule has 0 amide bonds. The zero-order chi connectivity index (χ0) is 19.0. The lowest BCUT2D eigenvalue weighted by Gasteiger charge is -2.26. The van der Waals surface area contributed by atoms with Crippen molar-refractivity contribution in [3.8, 4) is 0 Å². The largest absolute Gasteiger partial charge is 0.468 e. The van der Waals surface area contributed by atoms with Gasteiger partial charge in [-0.25, -0.2) is 4.68 Å². The molecule has 0 unspecified atom stereocenters. The molecule has 4 heterocycles. The van der Waals surface area contributed by atoms with Gasteiger partial charge in [-0.15, -0.1) is 0 Å². The smallest absolute Gasteiger partial charge is 0.263 e. The fraction of sp³-hybridized carbons (Fsp3) is 0.526. The molecule has 0 aliphatic carbocycles. The van der Waals surface area contributed by atoms with Gasteiger partial charge in [0.15, 0.2) is 5.65 Å². The molecule has 3 aromatic rings. The number of fused-ring (bicyclic) bond motifs is 1. The highest BCUT2D eigenvalue weighted by Gasteiger charge is 2.26. The summed E-state index contributed by atoms with van der Waals surface area (Å²) in [6.45, 7) is 8.81.